The second-order valence-electron chi connectivity index (χ2n) is 4.55. The van der Waals surface area contributed by atoms with Crippen LogP contribution in [0.3, 0.4) is 0 Å². The fourth-order valence-electron chi connectivity index (χ4n) is 2.03. The average molecular weight is 246 g/mol. The monoisotopic (exact) mass is 246 g/mol. The molecule has 0 saturated heterocycles. The zero-order valence-electron chi connectivity index (χ0n) is 10.3. The molecule has 0 aliphatic heterocycles. The molecule has 0 radical (unpaired) electrons. The second-order valence-corrected chi connectivity index (χ2v) is 5.67. The van der Waals surface area contributed by atoms with Gasteiger partial charge in [-0.25, -0.2) is 0 Å². The predicted octanol–water partition coefficient (Wildman–Crippen LogP) is 4.28. The molecular formula is C15H18OS. The lowest BCUT2D eigenvalue weighted by Crippen LogP contribution is -2.02. The van der Waals surface area contributed by atoms with E-state index in [-0.39, 0.29) is 6.10 Å². The summed E-state index contributed by atoms with van der Waals surface area (Å²) in [5.74, 6) is 0.381. The Hall–Kier alpha value is -1.12. The van der Waals surface area contributed by atoms with E-state index < -0.39 is 0 Å². The lowest BCUT2D eigenvalue weighted by atomic mass is 9.93. The molecule has 90 valence electrons. The first-order chi connectivity index (χ1) is 8.16. The minimum absolute atomic E-state index is 0.352. The SMILES string of the molecule is Cc1cc(C(O)CC(C)c2ccccc2)cs1. The van der Waals surface area contributed by atoms with Crippen LogP contribution in [-0.4, -0.2) is 5.11 Å². The Kier molecular flexibility index (Phi) is 3.97. The zero-order valence-corrected chi connectivity index (χ0v) is 11.1. The van der Waals surface area contributed by atoms with Crippen LogP contribution < -0.4 is 0 Å². The Labute approximate surface area is 107 Å². The van der Waals surface area contributed by atoms with Crippen molar-refractivity contribution in [3.63, 3.8) is 0 Å². The lowest BCUT2D eigenvalue weighted by Gasteiger charge is -2.16. The van der Waals surface area contributed by atoms with Crippen molar-refractivity contribution in [1.29, 1.82) is 0 Å². The van der Waals surface area contributed by atoms with Crippen molar-refractivity contribution in [1.82, 2.24) is 0 Å². The van der Waals surface area contributed by atoms with Crippen LogP contribution in [0, 0.1) is 6.92 Å². The third-order valence-electron chi connectivity index (χ3n) is 3.08. The summed E-state index contributed by atoms with van der Waals surface area (Å²) in [7, 11) is 0. The summed E-state index contributed by atoms with van der Waals surface area (Å²) in [6.07, 6.45) is 0.426. The van der Waals surface area contributed by atoms with Gasteiger partial charge in [0.15, 0.2) is 0 Å². The molecule has 2 rings (SSSR count). The zero-order chi connectivity index (χ0) is 12.3. The van der Waals surface area contributed by atoms with Gasteiger partial charge in [-0.15, -0.1) is 11.3 Å². The van der Waals surface area contributed by atoms with E-state index in [1.807, 2.05) is 18.2 Å². The normalized spacial score (nSPS) is 14.5. The van der Waals surface area contributed by atoms with Crippen LogP contribution in [0.5, 0.6) is 0 Å². The number of aliphatic hydroxyl groups is 1. The third-order valence-corrected chi connectivity index (χ3v) is 3.96. The first-order valence-corrected chi connectivity index (χ1v) is 6.83. The fourth-order valence-corrected chi connectivity index (χ4v) is 2.78. The van der Waals surface area contributed by atoms with Crippen LogP contribution in [0.2, 0.25) is 0 Å². The molecule has 0 amide bonds. The molecule has 0 fully saturated rings. The largest absolute Gasteiger partial charge is 0.388 e. The van der Waals surface area contributed by atoms with Crippen molar-refractivity contribution in [2.75, 3.05) is 0 Å². The van der Waals surface area contributed by atoms with Crippen LogP contribution in [0.15, 0.2) is 41.8 Å². The molecule has 2 atom stereocenters. The number of hydrogen-bond donors (Lipinski definition) is 1. The summed E-state index contributed by atoms with van der Waals surface area (Å²) in [5, 5.41) is 12.2. The highest BCUT2D eigenvalue weighted by Gasteiger charge is 2.14. The molecule has 2 heteroatoms. The van der Waals surface area contributed by atoms with Crippen LogP contribution in [0.25, 0.3) is 0 Å². The van der Waals surface area contributed by atoms with Gasteiger partial charge in [0.05, 0.1) is 6.10 Å². The van der Waals surface area contributed by atoms with Crippen molar-refractivity contribution in [2.24, 2.45) is 0 Å². The molecule has 2 aromatic rings. The maximum Gasteiger partial charge on any atom is 0.0803 e. The molecule has 17 heavy (non-hydrogen) atoms. The molecule has 0 saturated carbocycles. The number of benzene rings is 1. The Morgan fingerprint density at radius 2 is 1.88 bits per heavy atom. The molecule has 1 aromatic heterocycles. The number of aryl methyl sites for hydroxylation is 1. The molecular weight excluding hydrogens is 228 g/mol. The summed E-state index contributed by atoms with van der Waals surface area (Å²) in [6.45, 7) is 4.24. The van der Waals surface area contributed by atoms with Gasteiger partial charge >= 0.3 is 0 Å². The van der Waals surface area contributed by atoms with Gasteiger partial charge in [-0.3, -0.25) is 0 Å². The van der Waals surface area contributed by atoms with E-state index in [4.69, 9.17) is 0 Å². The van der Waals surface area contributed by atoms with E-state index in [0.29, 0.717) is 5.92 Å². The molecule has 0 aliphatic rings. The Morgan fingerprint density at radius 1 is 1.18 bits per heavy atom. The summed E-state index contributed by atoms with van der Waals surface area (Å²) in [4.78, 5) is 1.26. The smallest absolute Gasteiger partial charge is 0.0803 e. The van der Waals surface area contributed by atoms with E-state index in [0.717, 1.165) is 12.0 Å². The average Bonchev–Trinajstić information content (AvgIpc) is 2.77. The van der Waals surface area contributed by atoms with Crippen molar-refractivity contribution in [3.8, 4) is 0 Å². The van der Waals surface area contributed by atoms with Crippen molar-refractivity contribution in [2.45, 2.75) is 32.3 Å². The molecule has 1 nitrogen and oxygen atoms in total. The molecule has 0 aliphatic carbocycles. The predicted molar refractivity (Wildman–Crippen MR) is 73.5 cm³/mol. The van der Waals surface area contributed by atoms with Gasteiger partial charge < -0.3 is 5.11 Å². The van der Waals surface area contributed by atoms with Crippen LogP contribution in [0.1, 0.15) is 41.4 Å². The van der Waals surface area contributed by atoms with Crippen LogP contribution in [-0.2, 0) is 0 Å². The van der Waals surface area contributed by atoms with E-state index in [1.54, 1.807) is 11.3 Å². The van der Waals surface area contributed by atoms with Gasteiger partial charge in [-0.05, 0) is 41.8 Å². The summed E-state index contributed by atoms with van der Waals surface area (Å²) in [5.41, 5.74) is 2.34. The van der Waals surface area contributed by atoms with Crippen LogP contribution in [0.4, 0.5) is 0 Å². The Balaban J connectivity index is 2.02. The Morgan fingerprint density at radius 3 is 2.47 bits per heavy atom. The maximum atomic E-state index is 10.2. The minimum Gasteiger partial charge on any atom is -0.388 e. The first kappa shape index (κ1) is 12.3. The minimum atomic E-state index is -0.352. The van der Waals surface area contributed by atoms with Gasteiger partial charge in [0.2, 0.25) is 0 Å². The highest BCUT2D eigenvalue weighted by atomic mass is 32.1. The van der Waals surface area contributed by atoms with E-state index in [1.165, 1.54) is 10.4 Å². The highest BCUT2D eigenvalue weighted by Crippen LogP contribution is 2.29. The van der Waals surface area contributed by atoms with Gasteiger partial charge in [-0.1, -0.05) is 37.3 Å². The van der Waals surface area contributed by atoms with Crippen LogP contribution >= 0.6 is 11.3 Å². The molecule has 0 spiro atoms. The van der Waals surface area contributed by atoms with E-state index in [2.05, 4.69) is 37.4 Å². The van der Waals surface area contributed by atoms with Crippen molar-refractivity contribution < 1.29 is 5.11 Å². The number of aliphatic hydroxyl groups excluding tert-OH is 1. The number of hydrogen-bond acceptors (Lipinski definition) is 2. The fraction of sp³-hybridized carbons (Fsp3) is 0.333. The molecule has 1 N–H and O–H groups in total. The van der Waals surface area contributed by atoms with Gasteiger partial charge in [0.1, 0.15) is 0 Å². The molecule has 0 bridgehead atoms. The lowest BCUT2D eigenvalue weighted by molar-refractivity contribution is 0.160. The van der Waals surface area contributed by atoms with Gasteiger partial charge in [-0.2, -0.15) is 0 Å². The molecule has 2 unspecified atom stereocenters. The van der Waals surface area contributed by atoms with E-state index >= 15 is 0 Å². The first-order valence-electron chi connectivity index (χ1n) is 5.95. The summed E-state index contributed by atoms with van der Waals surface area (Å²) < 4.78 is 0. The number of thiophene rings is 1. The quantitative estimate of drug-likeness (QED) is 0.853. The third kappa shape index (κ3) is 3.18. The van der Waals surface area contributed by atoms with Crippen molar-refractivity contribution in [3.05, 3.63) is 57.8 Å². The topological polar surface area (TPSA) is 20.2 Å². The highest BCUT2D eigenvalue weighted by molar-refractivity contribution is 7.10. The standard InChI is InChI=1S/C15H18OS/c1-11(13-6-4-3-5-7-13)8-15(16)14-9-12(2)17-10-14/h3-7,9-11,15-16H,8H2,1-2H3. The van der Waals surface area contributed by atoms with E-state index in [9.17, 15) is 5.11 Å². The molecule has 1 aromatic carbocycles. The van der Waals surface area contributed by atoms with Crippen molar-refractivity contribution >= 4 is 11.3 Å². The van der Waals surface area contributed by atoms with Gasteiger partial charge in [0, 0.05) is 4.88 Å². The second kappa shape index (κ2) is 5.48. The molecule has 1 heterocycles. The van der Waals surface area contributed by atoms with Gasteiger partial charge in [0.25, 0.3) is 0 Å². The number of rotatable bonds is 4. The summed E-state index contributed by atoms with van der Waals surface area (Å²) >= 11 is 1.70. The summed E-state index contributed by atoms with van der Waals surface area (Å²) in [6, 6.07) is 12.4. The maximum absolute atomic E-state index is 10.2. The Bertz CT molecular complexity index is 461.